The zero-order valence-corrected chi connectivity index (χ0v) is 21.9. The molecule has 2 fully saturated rings. The number of nitrogens with zero attached hydrogens (tertiary/aromatic N) is 1. The number of carboxylic acids is 1. The third-order valence-electron chi connectivity index (χ3n) is 8.01. The van der Waals surface area contributed by atoms with Crippen molar-refractivity contribution in [1.82, 2.24) is 4.98 Å². The van der Waals surface area contributed by atoms with Crippen molar-refractivity contribution in [3.63, 3.8) is 0 Å². The molecule has 0 amide bonds. The summed E-state index contributed by atoms with van der Waals surface area (Å²) in [5.74, 6) is -0.722. The van der Waals surface area contributed by atoms with Crippen LogP contribution in [-0.2, 0) is 22.4 Å². The van der Waals surface area contributed by atoms with Crippen molar-refractivity contribution < 1.29 is 28.2 Å². The van der Waals surface area contributed by atoms with Crippen molar-refractivity contribution in [2.45, 2.75) is 115 Å². The lowest BCUT2D eigenvalue weighted by Gasteiger charge is -2.26. The number of rotatable bonds is 16. The molecule has 2 bridgehead atoms. The molecule has 1 aromatic carbocycles. The van der Waals surface area contributed by atoms with Gasteiger partial charge >= 0.3 is 5.97 Å². The van der Waals surface area contributed by atoms with Gasteiger partial charge in [-0.2, -0.15) is 0 Å². The lowest BCUT2D eigenvalue weighted by atomic mass is 9.75. The fraction of sp³-hybridized carbons (Fsp3) is 0.633. The maximum atomic E-state index is 14.1. The standard InChI is InChI=1S/C30H40FNO5/c1-2-3-4-5-6-7-8-9-10-25(33)24-19-36-30(32-24)29-23(26-14-15-27(29)37-26)18-21-17-22(31)13-11-20(21)12-16-28(34)35/h11,13,17,19,23,26-27,29H,2-10,12,14-16,18H2,1H3,(H,34,35). The summed E-state index contributed by atoms with van der Waals surface area (Å²) in [5.41, 5.74) is 2.04. The van der Waals surface area contributed by atoms with Crippen molar-refractivity contribution >= 4 is 11.8 Å². The fourth-order valence-corrected chi connectivity index (χ4v) is 6.02. The van der Waals surface area contributed by atoms with Gasteiger partial charge in [-0.3, -0.25) is 9.59 Å². The Morgan fingerprint density at radius 3 is 2.49 bits per heavy atom. The minimum absolute atomic E-state index is 0.000645. The monoisotopic (exact) mass is 513 g/mol. The van der Waals surface area contributed by atoms with Gasteiger partial charge in [0, 0.05) is 18.8 Å². The summed E-state index contributed by atoms with van der Waals surface area (Å²) in [6, 6.07) is 4.58. The average molecular weight is 514 g/mol. The smallest absolute Gasteiger partial charge is 0.303 e. The second-order valence-corrected chi connectivity index (χ2v) is 10.7. The predicted octanol–water partition coefficient (Wildman–Crippen LogP) is 7.05. The first-order chi connectivity index (χ1) is 18.0. The van der Waals surface area contributed by atoms with Crippen LogP contribution in [0.3, 0.4) is 0 Å². The van der Waals surface area contributed by atoms with Crippen LogP contribution in [0.5, 0.6) is 0 Å². The molecule has 2 saturated heterocycles. The van der Waals surface area contributed by atoms with Gasteiger partial charge in [0.25, 0.3) is 0 Å². The number of carbonyl (C=O) groups is 2. The number of ether oxygens (including phenoxy) is 1. The van der Waals surface area contributed by atoms with E-state index in [0.717, 1.165) is 36.8 Å². The Morgan fingerprint density at radius 1 is 1.00 bits per heavy atom. The van der Waals surface area contributed by atoms with E-state index in [1.165, 1.54) is 56.9 Å². The Labute approximate surface area is 219 Å². The summed E-state index contributed by atoms with van der Waals surface area (Å²) in [6.07, 6.45) is 14.2. The average Bonchev–Trinajstić information content (AvgIpc) is 3.62. The van der Waals surface area contributed by atoms with Crippen LogP contribution in [0.15, 0.2) is 28.9 Å². The normalized spacial score (nSPS) is 22.5. The number of halogens is 1. The maximum Gasteiger partial charge on any atom is 0.303 e. The van der Waals surface area contributed by atoms with Crippen LogP contribution in [0.1, 0.15) is 117 Å². The summed E-state index contributed by atoms with van der Waals surface area (Å²) in [6.45, 7) is 2.22. The van der Waals surface area contributed by atoms with Crippen LogP contribution in [0, 0.1) is 11.7 Å². The third kappa shape index (κ3) is 7.28. The van der Waals surface area contributed by atoms with Gasteiger partial charge in [-0.1, -0.05) is 57.9 Å². The summed E-state index contributed by atoms with van der Waals surface area (Å²) in [7, 11) is 0. The summed E-state index contributed by atoms with van der Waals surface area (Å²) < 4.78 is 26.2. The van der Waals surface area contributed by atoms with Crippen LogP contribution in [-0.4, -0.2) is 34.1 Å². The molecule has 0 spiro atoms. The van der Waals surface area contributed by atoms with Crippen LogP contribution in [0.25, 0.3) is 0 Å². The van der Waals surface area contributed by atoms with Crippen molar-refractivity contribution in [2.24, 2.45) is 5.92 Å². The fourth-order valence-electron chi connectivity index (χ4n) is 6.02. The molecule has 2 aliphatic heterocycles. The SMILES string of the molecule is CCCCCCCCCCC(=O)c1coc(C2C3CCC(O3)C2Cc2cc(F)ccc2CCC(=O)O)n1. The lowest BCUT2D eigenvalue weighted by molar-refractivity contribution is -0.136. The Bertz CT molecular complexity index is 1050. The highest BCUT2D eigenvalue weighted by molar-refractivity contribution is 5.93. The second-order valence-electron chi connectivity index (χ2n) is 10.7. The predicted molar refractivity (Wildman–Crippen MR) is 138 cm³/mol. The molecule has 4 rings (SSSR count). The van der Waals surface area contributed by atoms with Crippen molar-refractivity contribution in [3.05, 3.63) is 53.0 Å². The second kappa shape index (κ2) is 13.3. The molecule has 3 heterocycles. The van der Waals surface area contributed by atoms with Gasteiger partial charge in [-0.05, 0) is 55.4 Å². The summed E-state index contributed by atoms with van der Waals surface area (Å²) in [4.78, 5) is 28.4. The summed E-state index contributed by atoms with van der Waals surface area (Å²) in [5, 5.41) is 9.11. The van der Waals surface area contributed by atoms with E-state index in [1.54, 1.807) is 6.07 Å². The number of Topliss-reactive ketones (excluding diaryl/α,β-unsaturated/α-hetero) is 1. The van der Waals surface area contributed by atoms with Crippen molar-refractivity contribution in [2.75, 3.05) is 0 Å². The van der Waals surface area contributed by atoms with Gasteiger partial charge in [0.1, 0.15) is 17.8 Å². The summed E-state index contributed by atoms with van der Waals surface area (Å²) >= 11 is 0. The van der Waals surface area contributed by atoms with Gasteiger partial charge in [0.15, 0.2) is 5.78 Å². The van der Waals surface area contributed by atoms with Crippen LogP contribution in [0.2, 0.25) is 0 Å². The van der Waals surface area contributed by atoms with Crippen LogP contribution in [0.4, 0.5) is 4.39 Å². The van der Waals surface area contributed by atoms with E-state index in [2.05, 4.69) is 11.9 Å². The first-order valence-electron chi connectivity index (χ1n) is 14.1. The Kier molecular flexibility index (Phi) is 9.89. The molecule has 4 unspecified atom stereocenters. The minimum atomic E-state index is -0.875. The molecular weight excluding hydrogens is 473 g/mol. The topological polar surface area (TPSA) is 89.6 Å². The van der Waals surface area contributed by atoms with E-state index < -0.39 is 5.97 Å². The number of aryl methyl sites for hydroxylation is 1. The van der Waals surface area contributed by atoms with Crippen LogP contribution < -0.4 is 0 Å². The minimum Gasteiger partial charge on any atom is -0.481 e. The van der Waals surface area contributed by atoms with Gasteiger partial charge in [0.2, 0.25) is 5.89 Å². The number of aromatic nitrogens is 1. The highest BCUT2D eigenvalue weighted by atomic mass is 19.1. The molecule has 1 N–H and O–H groups in total. The molecule has 202 valence electrons. The number of fused-ring (bicyclic) bond motifs is 2. The van der Waals surface area contributed by atoms with Gasteiger partial charge < -0.3 is 14.3 Å². The van der Waals surface area contributed by atoms with E-state index in [9.17, 15) is 14.0 Å². The first-order valence-corrected chi connectivity index (χ1v) is 14.1. The molecule has 6 nitrogen and oxygen atoms in total. The largest absolute Gasteiger partial charge is 0.481 e. The number of benzene rings is 1. The maximum absolute atomic E-state index is 14.1. The number of carboxylic acid groups (broad SMARTS) is 1. The zero-order valence-electron chi connectivity index (χ0n) is 21.9. The van der Waals surface area contributed by atoms with Crippen molar-refractivity contribution in [1.29, 1.82) is 0 Å². The Balaban J connectivity index is 1.36. The molecule has 1 aromatic heterocycles. The van der Waals surface area contributed by atoms with E-state index in [0.29, 0.717) is 30.8 Å². The third-order valence-corrected chi connectivity index (χ3v) is 8.01. The number of carbonyl (C=O) groups excluding carboxylic acids is 1. The molecule has 0 saturated carbocycles. The molecule has 7 heteroatoms. The van der Waals surface area contributed by atoms with Gasteiger partial charge in [0.05, 0.1) is 18.1 Å². The number of oxazole rings is 1. The lowest BCUT2D eigenvalue weighted by Crippen LogP contribution is -2.28. The highest BCUT2D eigenvalue weighted by Crippen LogP contribution is 2.50. The number of unbranched alkanes of at least 4 members (excludes halogenated alkanes) is 7. The van der Waals surface area contributed by atoms with Crippen LogP contribution >= 0.6 is 0 Å². The van der Waals surface area contributed by atoms with E-state index >= 15 is 0 Å². The molecular formula is C30H40FNO5. The quantitative estimate of drug-likeness (QED) is 0.191. The number of hydrogen-bond donors (Lipinski definition) is 1. The molecule has 37 heavy (non-hydrogen) atoms. The molecule has 0 aliphatic carbocycles. The van der Waals surface area contributed by atoms with E-state index in [1.807, 2.05) is 0 Å². The number of hydrogen-bond acceptors (Lipinski definition) is 5. The van der Waals surface area contributed by atoms with Gasteiger partial charge in [-0.15, -0.1) is 0 Å². The Morgan fingerprint density at radius 2 is 1.73 bits per heavy atom. The number of aliphatic carboxylic acids is 1. The molecule has 4 atom stereocenters. The highest BCUT2D eigenvalue weighted by Gasteiger charge is 2.51. The number of ketones is 1. The van der Waals surface area contributed by atoms with Gasteiger partial charge in [-0.25, -0.2) is 9.37 Å². The van der Waals surface area contributed by atoms with E-state index in [-0.39, 0.29) is 42.1 Å². The first kappa shape index (κ1) is 27.5. The van der Waals surface area contributed by atoms with E-state index in [4.69, 9.17) is 14.3 Å². The Hall–Kier alpha value is -2.54. The zero-order chi connectivity index (χ0) is 26.2. The molecule has 2 aromatic rings. The molecule has 2 aliphatic rings. The molecule has 0 radical (unpaired) electrons. The van der Waals surface area contributed by atoms with Crippen molar-refractivity contribution in [3.8, 4) is 0 Å².